The van der Waals surface area contributed by atoms with E-state index in [-0.39, 0.29) is 6.42 Å². The smallest absolute Gasteiger partial charge is 0.307 e. The van der Waals surface area contributed by atoms with Gasteiger partial charge in [0.1, 0.15) is 10.7 Å². The Morgan fingerprint density at radius 2 is 1.88 bits per heavy atom. The van der Waals surface area contributed by atoms with Crippen molar-refractivity contribution < 1.29 is 9.90 Å². The minimum absolute atomic E-state index is 0.0518. The zero-order chi connectivity index (χ0) is 22.6. The summed E-state index contributed by atoms with van der Waals surface area (Å²) in [6.45, 7) is 4.00. The molecule has 0 aliphatic carbocycles. The number of thiazole rings is 1. The number of rotatable bonds is 4. The maximum absolute atomic E-state index is 11.6. The molecule has 5 aromatic rings. The number of aryl methyl sites for hydroxylation is 3. The Kier molecular flexibility index (Phi) is 4.99. The lowest BCUT2D eigenvalue weighted by Crippen LogP contribution is -2.04. The van der Waals surface area contributed by atoms with Crippen LogP contribution in [-0.2, 0) is 18.3 Å². The van der Waals surface area contributed by atoms with Crippen LogP contribution in [0, 0.1) is 13.8 Å². The van der Waals surface area contributed by atoms with Gasteiger partial charge in [0, 0.05) is 40.5 Å². The van der Waals surface area contributed by atoms with Gasteiger partial charge in [0.25, 0.3) is 0 Å². The molecule has 7 heteroatoms. The zero-order valence-electron chi connectivity index (χ0n) is 17.8. The molecule has 0 saturated heterocycles. The highest BCUT2D eigenvalue weighted by Crippen LogP contribution is 2.41. The largest absolute Gasteiger partial charge is 0.481 e. The summed E-state index contributed by atoms with van der Waals surface area (Å²) >= 11 is 7.67. The summed E-state index contributed by atoms with van der Waals surface area (Å²) in [5.41, 5.74) is 7.44. The number of fused-ring (bicyclic) bond motifs is 2. The number of nitrogens with zero attached hydrogens (tertiary/aromatic N) is 3. The maximum Gasteiger partial charge on any atom is 0.307 e. The average Bonchev–Trinajstić information content (AvgIpc) is 3.29. The third kappa shape index (κ3) is 3.45. The fourth-order valence-corrected chi connectivity index (χ4v) is 5.37. The van der Waals surface area contributed by atoms with E-state index >= 15 is 0 Å². The van der Waals surface area contributed by atoms with E-state index in [0.717, 1.165) is 59.8 Å². The average molecular weight is 462 g/mol. The predicted molar refractivity (Wildman–Crippen MR) is 131 cm³/mol. The summed E-state index contributed by atoms with van der Waals surface area (Å²) in [6, 6.07) is 13.7. The first-order valence-corrected chi connectivity index (χ1v) is 11.3. The van der Waals surface area contributed by atoms with E-state index in [9.17, 15) is 9.90 Å². The van der Waals surface area contributed by atoms with Crippen LogP contribution in [0.3, 0.4) is 0 Å². The first kappa shape index (κ1) is 20.7. The van der Waals surface area contributed by atoms with Crippen molar-refractivity contribution in [2.24, 2.45) is 7.05 Å². The highest BCUT2D eigenvalue weighted by atomic mass is 35.5. The van der Waals surface area contributed by atoms with Crippen molar-refractivity contribution in [3.8, 4) is 21.7 Å². The highest BCUT2D eigenvalue weighted by Gasteiger charge is 2.20. The molecule has 1 N–H and O–H groups in total. The summed E-state index contributed by atoms with van der Waals surface area (Å²) in [7, 11) is 2.01. The van der Waals surface area contributed by atoms with Gasteiger partial charge in [-0.1, -0.05) is 23.7 Å². The summed E-state index contributed by atoms with van der Waals surface area (Å²) in [4.78, 5) is 21.2. The number of hydrogen-bond donors (Lipinski definition) is 1. The molecule has 32 heavy (non-hydrogen) atoms. The molecule has 0 amide bonds. The van der Waals surface area contributed by atoms with Gasteiger partial charge in [-0.25, -0.2) is 9.97 Å². The molecule has 0 fully saturated rings. The van der Waals surface area contributed by atoms with Crippen LogP contribution in [0.15, 0.2) is 48.7 Å². The summed E-state index contributed by atoms with van der Waals surface area (Å²) < 4.78 is 3.03. The monoisotopic (exact) mass is 461 g/mol. The van der Waals surface area contributed by atoms with Crippen molar-refractivity contribution in [3.05, 3.63) is 70.5 Å². The Labute approximate surface area is 193 Å². The van der Waals surface area contributed by atoms with Crippen molar-refractivity contribution in [2.45, 2.75) is 20.3 Å². The van der Waals surface area contributed by atoms with Crippen molar-refractivity contribution in [1.29, 1.82) is 0 Å². The minimum atomic E-state index is -0.860. The Balaban J connectivity index is 1.75. The molecule has 0 unspecified atom stereocenters. The van der Waals surface area contributed by atoms with E-state index in [4.69, 9.17) is 16.6 Å². The number of carboxylic acid groups (broad SMARTS) is 1. The van der Waals surface area contributed by atoms with Gasteiger partial charge in [0.15, 0.2) is 0 Å². The Morgan fingerprint density at radius 1 is 1.12 bits per heavy atom. The highest BCUT2D eigenvalue weighted by molar-refractivity contribution is 7.22. The number of aliphatic carboxylic acids is 1. The van der Waals surface area contributed by atoms with Crippen molar-refractivity contribution in [1.82, 2.24) is 14.5 Å². The van der Waals surface area contributed by atoms with Gasteiger partial charge < -0.3 is 9.67 Å². The molecule has 5 nitrogen and oxygen atoms in total. The molecule has 0 radical (unpaired) electrons. The van der Waals surface area contributed by atoms with E-state index in [1.807, 2.05) is 50.5 Å². The summed E-state index contributed by atoms with van der Waals surface area (Å²) in [6.07, 6.45) is 1.80. The van der Waals surface area contributed by atoms with Gasteiger partial charge in [-0.05, 0) is 60.9 Å². The van der Waals surface area contributed by atoms with Gasteiger partial charge in [-0.2, -0.15) is 0 Å². The fourth-order valence-electron chi connectivity index (χ4n) is 4.13. The Hall–Kier alpha value is -3.22. The first-order chi connectivity index (χ1) is 15.3. The molecule has 160 valence electrons. The van der Waals surface area contributed by atoms with Crippen molar-refractivity contribution in [3.63, 3.8) is 0 Å². The van der Waals surface area contributed by atoms with E-state index in [1.165, 1.54) is 0 Å². The van der Waals surface area contributed by atoms with E-state index < -0.39 is 5.97 Å². The second-order valence-corrected chi connectivity index (χ2v) is 9.41. The van der Waals surface area contributed by atoms with Gasteiger partial charge >= 0.3 is 5.97 Å². The van der Waals surface area contributed by atoms with Crippen LogP contribution in [-0.4, -0.2) is 25.6 Å². The van der Waals surface area contributed by atoms with Crippen LogP contribution in [0.2, 0.25) is 5.02 Å². The topological polar surface area (TPSA) is 68.0 Å². The second kappa shape index (κ2) is 7.73. The minimum Gasteiger partial charge on any atom is -0.481 e. The van der Waals surface area contributed by atoms with Crippen molar-refractivity contribution >= 4 is 50.2 Å². The molecule has 3 aromatic heterocycles. The van der Waals surface area contributed by atoms with Crippen LogP contribution < -0.4 is 0 Å². The number of carboxylic acids is 1. The third-order valence-corrected chi connectivity index (χ3v) is 7.22. The van der Waals surface area contributed by atoms with Gasteiger partial charge in [0.05, 0.1) is 16.6 Å². The van der Waals surface area contributed by atoms with Crippen LogP contribution in [0.5, 0.6) is 0 Å². The first-order valence-electron chi connectivity index (χ1n) is 10.1. The summed E-state index contributed by atoms with van der Waals surface area (Å²) in [5, 5.41) is 12.1. The molecular formula is C25H20ClN3O2S. The molecule has 0 saturated carbocycles. The SMILES string of the molecule is Cc1cc2nc(-c3cnc4c(c3)cc(C)n4C)sc2c(-c2ccc(Cl)cc2)c1CC(=O)O. The zero-order valence-corrected chi connectivity index (χ0v) is 19.4. The van der Waals surface area contributed by atoms with Gasteiger partial charge in [-0.3, -0.25) is 4.79 Å². The predicted octanol–water partition coefficient (Wildman–Crippen LogP) is 6.41. The summed E-state index contributed by atoms with van der Waals surface area (Å²) in [5.74, 6) is -0.860. The van der Waals surface area contributed by atoms with E-state index in [2.05, 4.69) is 28.6 Å². The van der Waals surface area contributed by atoms with Gasteiger partial charge in [0.2, 0.25) is 0 Å². The van der Waals surface area contributed by atoms with E-state index in [0.29, 0.717) is 5.02 Å². The molecular weight excluding hydrogens is 442 g/mol. The molecule has 0 aliphatic rings. The lowest BCUT2D eigenvalue weighted by molar-refractivity contribution is -0.136. The Morgan fingerprint density at radius 3 is 2.59 bits per heavy atom. The molecule has 0 atom stereocenters. The molecule has 2 aromatic carbocycles. The molecule has 0 bridgehead atoms. The van der Waals surface area contributed by atoms with Crippen LogP contribution in [0.4, 0.5) is 0 Å². The lowest BCUT2D eigenvalue weighted by Gasteiger charge is -2.13. The number of aromatic nitrogens is 3. The normalized spacial score (nSPS) is 11.5. The van der Waals surface area contributed by atoms with Crippen LogP contribution in [0.25, 0.3) is 42.9 Å². The quantitative estimate of drug-likeness (QED) is 0.335. The molecule has 0 spiro atoms. The van der Waals surface area contributed by atoms with E-state index in [1.54, 1.807) is 11.3 Å². The number of carbonyl (C=O) groups is 1. The van der Waals surface area contributed by atoms with Crippen LogP contribution in [0.1, 0.15) is 16.8 Å². The number of benzene rings is 2. The van der Waals surface area contributed by atoms with Gasteiger partial charge in [-0.15, -0.1) is 11.3 Å². The number of pyridine rings is 1. The lowest BCUT2D eigenvalue weighted by atomic mass is 9.93. The molecule has 5 rings (SSSR count). The van der Waals surface area contributed by atoms with Crippen molar-refractivity contribution in [2.75, 3.05) is 0 Å². The fraction of sp³-hybridized carbons (Fsp3) is 0.160. The molecule has 0 aliphatic heterocycles. The molecule has 3 heterocycles. The third-order valence-electron chi connectivity index (χ3n) is 5.83. The number of hydrogen-bond acceptors (Lipinski definition) is 4. The Bertz CT molecular complexity index is 1520. The maximum atomic E-state index is 11.6. The number of halogens is 1. The van der Waals surface area contributed by atoms with Crippen LogP contribution >= 0.6 is 22.9 Å². The standard InChI is InChI=1S/C25H20ClN3O2S/c1-13-8-20-23(22(19(13)11-21(30)31)15-4-6-18(26)7-5-15)32-25(28-20)17-10-16-9-14(2)29(3)24(16)27-12-17/h4-10,12H,11H2,1-3H3,(H,30,31). The second-order valence-electron chi connectivity index (χ2n) is 7.97.